The van der Waals surface area contributed by atoms with Gasteiger partial charge in [0.05, 0.1) is 0 Å². The molecule has 0 bridgehead atoms. The molecule has 0 unspecified atom stereocenters. The number of hydrogen-bond acceptors (Lipinski definition) is 0. The monoisotopic (exact) mass is 168 g/mol. The zero-order chi connectivity index (χ0) is 5.82. The first kappa shape index (κ1) is 5.89. The van der Waals surface area contributed by atoms with Crippen LogP contribution in [0, 0.1) is 0 Å². The predicted octanol–water partition coefficient (Wildman–Crippen LogP) is 0.552. The van der Waals surface area contributed by atoms with E-state index in [1.807, 2.05) is 0 Å². The van der Waals surface area contributed by atoms with E-state index in [4.69, 9.17) is 0 Å². The van der Waals surface area contributed by atoms with Crippen LogP contribution in [0.1, 0.15) is 5.56 Å². The third-order valence-electron chi connectivity index (χ3n) is 1.25. The third kappa shape index (κ3) is 1.37. The molecule has 1 aromatic rings. The van der Waals surface area contributed by atoms with E-state index in [2.05, 4.69) is 30.3 Å². The van der Waals surface area contributed by atoms with Gasteiger partial charge in [-0.25, -0.2) is 0 Å². The van der Waals surface area contributed by atoms with Gasteiger partial charge in [0.1, 0.15) is 0 Å². The van der Waals surface area contributed by atoms with Crippen molar-refractivity contribution in [2.75, 3.05) is 0 Å². The first-order chi connectivity index (χ1) is 3.93. The van der Waals surface area contributed by atoms with Crippen molar-refractivity contribution in [1.29, 1.82) is 0 Å². The molecule has 0 N–H and O–H groups in total. The number of rotatable bonds is 1. The Labute approximate surface area is 58.1 Å². The van der Waals surface area contributed by atoms with Gasteiger partial charge in [0.15, 0.2) is 0 Å². The topological polar surface area (TPSA) is 0 Å². The molecule has 0 fully saturated rings. The van der Waals surface area contributed by atoms with Crippen molar-refractivity contribution in [3.63, 3.8) is 0 Å². The van der Waals surface area contributed by atoms with E-state index >= 15 is 0 Å². The van der Waals surface area contributed by atoms with E-state index < -0.39 is 0 Å². The Morgan fingerprint density at radius 3 is 2.12 bits per heavy atom. The van der Waals surface area contributed by atoms with Crippen molar-refractivity contribution in [2.24, 2.45) is 0 Å². The fraction of sp³-hybridized carbons (Fsp3) is 0.143. The van der Waals surface area contributed by atoms with Gasteiger partial charge in [-0.3, -0.25) is 0 Å². The van der Waals surface area contributed by atoms with E-state index in [1.165, 1.54) is 10.8 Å². The standard InChI is InChI=1S/C7H10Ge/c8-6-7-4-2-1-3-5-7/h1-5H,6H2,8H3. The predicted molar refractivity (Wildman–Crippen MR) is 40.1 cm³/mol. The van der Waals surface area contributed by atoms with Crippen LogP contribution in [0.3, 0.4) is 0 Å². The molecular weight excluding hydrogens is 157 g/mol. The molecule has 0 amide bonds. The van der Waals surface area contributed by atoms with Crippen molar-refractivity contribution in [1.82, 2.24) is 0 Å². The number of hydrogen-bond donors (Lipinski definition) is 0. The second-order valence-electron chi connectivity index (χ2n) is 1.84. The maximum atomic E-state index is 2.19. The SMILES string of the molecule is [GeH3][CH2]c1ccccc1. The second-order valence-corrected chi connectivity index (χ2v) is 3.32. The maximum absolute atomic E-state index is 2.19. The normalized spacial score (nSPS) is 9.50. The van der Waals surface area contributed by atoms with E-state index in [0.29, 0.717) is 0 Å². The summed E-state index contributed by atoms with van der Waals surface area (Å²) in [7, 11) is 0. The summed E-state index contributed by atoms with van der Waals surface area (Å²) in [5.41, 5.74) is 1.49. The van der Waals surface area contributed by atoms with Crippen LogP contribution in [0.5, 0.6) is 0 Å². The summed E-state index contributed by atoms with van der Waals surface area (Å²) in [6.07, 6.45) is 0. The van der Waals surface area contributed by atoms with Crippen molar-refractivity contribution < 1.29 is 0 Å². The quantitative estimate of drug-likeness (QED) is 0.535. The van der Waals surface area contributed by atoms with E-state index in [0.717, 1.165) is 16.5 Å². The Morgan fingerprint density at radius 1 is 1.12 bits per heavy atom. The van der Waals surface area contributed by atoms with Gasteiger partial charge in [0.25, 0.3) is 0 Å². The van der Waals surface area contributed by atoms with Crippen molar-refractivity contribution in [3.05, 3.63) is 35.9 Å². The molecule has 0 radical (unpaired) electrons. The van der Waals surface area contributed by atoms with E-state index in [-0.39, 0.29) is 0 Å². The Morgan fingerprint density at radius 2 is 1.75 bits per heavy atom. The molecule has 0 aliphatic rings. The van der Waals surface area contributed by atoms with Gasteiger partial charge < -0.3 is 0 Å². The molecule has 0 aromatic heterocycles. The molecular formula is C7H10Ge. The first-order valence-electron chi connectivity index (χ1n) is 2.97. The second kappa shape index (κ2) is 2.92. The average Bonchev–Trinajstić information content (AvgIpc) is 1.90. The zero-order valence-electron chi connectivity index (χ0n) is 5.09. The van der Waals surface area contributed by atoms with Crippen molar-refractivity contribution in [3.8, 4) is 0 Å². The molecule has 0 heterocycles. The fourth-order valence-electron chi connectivity index (χ4n) is 0.714. The average molecular weight is 167 g/mol. The van der Waals surface area contributed by atoms with Crippen LogP contribution in [0.25, 0.3) is 0 Å². The Hall–Kier alpha value is -0.237. The van der Waals surface area contributed by atoms with Crippen LogP contribution < -0.4 is 0 Å². The van der Waals surface area contributed by atoms with Gasteiger partial charge in [-0.2, -0.15) is 0 Å². The van der Waals surface area contributed by atoms with Crippen LogP contribution in [-0.4, -0.2) is 16.5 Å². The van der Waals surface area contributed by atoms with E-state index in [9.17, 15) is 0 Å². The molecule has 1 aromatic carbocycles. The fourth-order valence-corrected chi connectivity index (χ4v) is 1.70. The van der Waals surface area contributed by atoms with Crippen LogP contribution in [0.2, 0.25) is 0 Å². The summed E-state index contributed by atoms with van der Waals surface area (Å²) in [6, 6.07) is 10.6. The van der Waals surface area contributed by atoms with Crippen LogP contribution in [0.4, 0.5) is 0 Å². The summed E-state index contributed by atoms with van der Waals surface area (Å²) in [5, 5.41) is 1.33. The molecule has 0 aliphatic heterocycles. The van der Waals surface area contributed by atoms with Crippen molar-refractivity contribution in [2.45, 2.75) is 5.25 Å². The molecule has 42 valence electrons. The van der Waals surface area contributed by atoms with Crippen LogP contribution in [-0.2, 0) is 5.25 Å². The van der Waals surface area contributed by atoms with Gasteiger partial charge >= 0.3 is 57.7 Å². The summed E-state index contributed by atoms with van der Waals surface area (Å²) in [4.78, 5) is 0. The number of benzene rings is 1. The Balaban J connectivity index is 2.83. The molecule has 0 saturated carbocycles. The molecule has 0 aliphatic carbocycles. The summed E-state index contributed by atoms with van der Waals surface area (Å²) >= 11 is 0.967. The van der Waals surface area contributed by atoms with Gasteiger partial charge in [0.2, 0.25) is 0 Å². The summed E-state index contributed by atoms with van der Waals surface area (Å²) in [6.45, 7) is 0. The van der Waals surface area contributed by atoms with Crippen molar-refractivity contribution >= 4 is 16.5 Å². The minimum absolute atomic E-state index is 0.967. The molecule has 1 heteroatoms. The molecule has 0 spiro atoms. The van der Waals surface area contributed by atoms with Gasteiger partial charge in [-0.1, -0.05) is 0 Å². The summed E-state index contributed by atoms with van der Waals surface area (Å²) in [5.74, 6) is 0. The first-order valence-corrected chi connectivity index (χ1v) is 5.94. The van der Waals surface area contributed by atoms with Crippen LogP contribution >= 0.6 is 0 Å². The molecule has 0 atom stereocenters. The Bertz CT molecular complexity index is 146. The van der Waals surface area contributed by atoms with E-state index in [1.54, 1.807) is 0 Å². The summed E-state index contributed by atoms with van der Waals surface area (Å²) < 4.78 is 0. The van der Waals surface area contributed by atoms with Crippen LogP contribution in [0.15, 0.2) is 30.3 Å². The van der Waals surface area contributed by atoms with Gasteiger partial charge in [-0.15, -0.1) is 0 Å². The third-order valence-corrected chi connectivity index (χ3v) is 2.96. The molecule has 0 saturated heterocycles. The minimum atomic E-state index is 0.967. The molecule has 8 heavy (non-hydrogen) atoms. The van der Waals surface area contributed by atoms with Gasteiger partial charge in [-0.05, 0) is 0 Å². The zero-order valence-corrected chi connectivity index (χ0v) is 9.29. The van der Waals surface area contributed by atoms with Gasteiger partial charge in [0, 0.05) is 0 Å². The molecule has 1 rings (SSSR count). The Kier molecular flexibility index (Phi) is 2.15. The molecule has 0 nitrogen and oxygen atoms in total.